The van der Waals surface area contributed by atoms with Crippen LogP contribution in [0.5, 0.6) is 0 Å². The van der Waals surface area contributed by atoms with Gasteiger partial charge in [0.15, 0.2) is 0 Å². The highest BCUT2D eigenvalue weighted by molar-refractivity contribution is 7.98. The maximum atomic E-state index is 10.9. The minimum absolute atomic E-state index is 0.132. The van der Waals surface area contributed by atoms with Crippen LogP contribution in [0, 0.1) is 0 Å². The third kappa shape index (κ3) is 30.8. The molecule has 1 aliphatic heterocycles. The number of rotatable bonds is 9. The standard InChI is InChI=1S/C9H13NO3S.C4H9NO2S.C3H8O3S.C2H7NO3S/c10-14(11,12)7-6-13-8-9-4-2-1-3-5-9;1-8(6)3-2-7-4-5-8;1-7(5,6)3-2-4;3-7(5,6)2-1-4/h1-5H,6-8H2,(H2,10,11,12);1-4H2,(H,5,6);4H,2-3H2,1H3;4H,1-2H2,(H2,3,5,6). The van der Waals surface area contributed by atoms with Gasteiger partial charge < -0.3 is 19.7 Å². The van der Waals surface area contributed by atoms with Gasteiger partial charge in [0.2, 0.25) is 20.0 Å². The number of primary sulfonamides is 2. The maximum absolute atomic E-state index is 10.9. The fraction of sp³-hybridized carbons (Fsp3) is 0.611. The summed E-state index contributed by atoms with van der Waals surface area (Å²) in [7, 11) is -11.7. The van der Waals surface area contributed by atoms with Crippen LogP contribution in [0.1, 0.15) is 5.56 Å². The van der Waals surface area contributed by atoms with Gasteiger partial charge >= 0.3 is 0 Å². The molecular formula is C18H37N3O11S4. The number of sulfonamides is 2. The molecule has 1 fully saturated rings. The van der Waals surface area contributed by atoms with Crippen molar-refractivity contribution in [3.05, 3.63) is 35.9 Å². The van der Waals surface area contributed by atoms with Crippen LogP contribution in [0.15, 0.2) is 30.3 Å². The first kappa shape index (κ1) is 37.0. The third-order valence-electron chi connectivity index (χ3n) is 3.44. The van der Waals surface area contributed by atoms with E-state index in [9.17, 15) is 29.5 Å². The van der Waals surface area contributed by atoms with Crippen molar-refractivity contribution in [2.45, 2.75) is 6.61 Å². The number of aliphatic hydroxyl groups is 2. The van der Waals surface area contributed by atoms with Crippen molar-refractivity contribution >= 4 is 45.5 Å². The van der Waals surface area contributed by atoms with Crippen LogP contribution >= 0.6 is 0 Å². The van der Waals surface area contributed by atoms with Crippen molar-refractivity contribution in [2.75, 3.05) is 62.4 Å². The highest BCUT2D eigenvalue weighted by Crippen LogP contribution is 2.00. The number of ether oxygens (including phenoxy) is 2. The molecular weight excluding hydrogens is 562 g/mol. The Hall–Kier alpha value is -1.19. The minimum Gasteiger partial charge on any atom is -0.395 e. The van der Waals surface area contributed by atoms with Crippen LogP contribution in [-0.4, -0.2) is 108 Å². The van der Waals surface area contributed by atoms with Gasteiger partial charge in [-0.3, -0.25) is 4.21 Å². The van der Waals surface area contributed by atoms with E-state index in [0.717, 1.165) is 11.8 Å². The zero-order valence-electron chi connectivity index (χ0n) is 20.0. The van der Waals surface area contributed by atoms with Gasteiger partial charge in [-0.1, -0.05) is 30.3 Å². The summed E-state index contributed by atoms with van der Waals surface area (Å²) in [5.41, 5.74) is 1.02. The van der Waals surface area contributed by atoms with Gasteiger partial charge in [0.1, 0.15) is 16.6 Å². The third-order valence-corrected chi connectivity index (χ3v) is 7.32. The Balaban J connectivity index is 0. The van der Waals surface area contributed by atoms with Crippen molar-refractivity contribution in [3.8, 4) is 0 Å². The van der Waals surface area contributed by atoms with Crippen LogP contribution in [-0.2, 0) is 55.7 Å². The van der Waals surface area contributed by atoms with E-state index >= 15 is 0 Å². The zero-order chi connectivity index (χ0) is 28.3. The first-order valence-electron chi connectivity index (χ1n) is 10.1. The summed E-state index contributed by atoms with van der Waals surface area (Å²) in [4.78, 5) is 0. The summed E-state index contributed by atoms with van der Waals surface area (Å²) >= 11 is 0. The fourth-order valence-electron chi connectivity index (χ4n) is 1.72. The molecule has 1 aromatic carbocycles. The molecule has 1 aliphatic rings. The van der Waals surface area contributed by atoms with Crippen LogP contribution < -0.4 is 15.0 Å². The van der Waals surface area contributed by atoms with Crippen molar-refractivity contribution in [2.24, 2.45) is 10.3 Å². The van der Waals surface area contributed by atoms with Gasteiger partial charge in [0.05, 0.1) is 56.0 Å². The molecule has 14 nitrogen and oxygen atoms in total. The minimum atomic E-state index is -3.42. The average Bonchev–Trinajstić information content (AvgIpc) is 2.71. The first-order chi connectivity index (χ1) is 16.4. The highest BCUT2D eigenvalue weighted by Gasteiger charge is 2.07. The Morgan fingerprint density at radius 3 is 1.81 bits per heavy atom. The molecule has 1 atom stereocenters. The summed E-state index contributed by atoms with van der Waals surface area (Å²) in [5.74, 6) is 3.38. The lowest BCUT2D eigenvalue weighted by Gasteiger charge is -2.16. The lowest BCUT2D eigenvalue weighted by Crippen LogP contribution is -2.35. The molecule has 0 spiro atoms. The predicted octanol–water partition coefficient (Wildman–Crippen LogP) is -3.02. The molecule has 2 rings (SSSR count). The van der Waals surface area contributed by atoms with Crippen molar-refractivity contribution in [1.82, 2.24) is 4.72 Å². The van der Waals surface area contributed by atoms with Gasteiger partial charge in [-0.25, -0.2) is 40.3 Å². The van der Waals surface area contributed by atoms with Gasteiger partial charge in [-0.2, -0.15) is 0 Å². The second-order valence-electron chi connectivity index (χ2n) is 7.06. The first-order valence-corrected chi connectivity index (χ1v) is 17.5. The van der Waals surface area contributed by atoms with E-state index in [2.05, 4.69) is 15.7 Å². The maximum Gasteiger partial charge on any atom is 0.211 e. The molecule has 36 heavy (non-hydrogen) atoms. The Kier molecular flexibility index (Phi) is 19.5. The Morgan fingerprint density at radius 2 is 1.53 bits per heavy atom. The molecule has 18 heteroatoms. The topological polar surface area (TPSA) is 242 Å². The normalized spacial score (nSPS) is 17.8. The van der Waals surface area contributed by atoms with Gasteiger partial charge in [0, 0.05) is 16.0 Å². The number of aliphatic hydroxyl groups excluding tert-OH is 2. The molecule has 1 heterocycles. The summed E-state index contributed by atoms with van der Waals surface area (Å²) in [5, 5.41) is 25.2. The second kappa shape index (κ2) is 19.0. The van der Waals surface area contributed by atoms with E-state index in [0.29, 0.717) is 25.7 Å². The van der Waals surface area contributed by atoms with Crippen molar-refractivity contribution in [3.63, 3.8) is 0 Å². The second-order valence-corrected chi connectivity index (χ2v) is 15.1. The van der Waals surface area contributed by atoms with Crippen molar-refractivity contribution in [1.29, 1.82) is 0 Å². The van der Waals surface area contributed by atoms with E-state index in [4.69, 9.17) is 24.8 Å². The van der Waals surface area contributed by atoms with Gasteiger partial charge in [-0.15, -0.1) is 0 Å². The van der Waals surface area contributed by atoms with E-state index in [1.54, 1.807) is 0 Å². The molecule has 0 saturated carbocycles. The number of benzene rings is 1. The Morgan fingerprint density at radius 1 is 1.00 bits per heavy atom. The van der Waals surface area contributed by atoms with E-state index < -0.39 is 46.2 Å². The van der Waals surface area contributed by atoms with Crippen LogP contribution in [0.2, 0.25) is 0 Å². The molecule has 0 radical (unpaired) electrons. The summed E-state index contributed by atoms with van der Waals surface area (Å²) in [6.45, 7) is 0.805. The molecule has 7 N–H and O–H groups in total. The molecule has 1 unspecified atom stereocenters. The number of hydrogen-bond acceptors (Lipinski definition) is 11. The summed E-state index contributed by atoms with van der Waals surface area (Å²) in [6.07, 6.45) is 1.09. The van der Waals surface area contributed by atoms with E-state index in [1.165, 1.54) is 0 Å². The molecule has 1 aromatic rings. The van der Waals surface area contributed by atoms with Crippen LogP contribution in [0.3, 0.4) is 0 Å². The molecule has 214 valence electrons. The van der Waals surface area contributed by atoms with Gasteiger partial charge in [0.25, 0.3) is 0 Å². The quantitative estimate of drug-likeness (QED) is 0.141. The smallest absolute Gasteiger partial charge is 0.211 e. The molecule has 1 saturated heterocycles. The SMILES string of the molecule is C=S1(=O)CCOCN1.CS(=O)(=O)CCO.NS(=O)(=O)CCO.NS(=O)(=O)CCOCc1ccccc1. The number of hydrogen-bond donors (Lipinski definition) is 5. The lowest BCUT2D eigenvalue weighted by atomic mass is 10.2. The lowest BCUT2D eigenvalue weighted by molar-refractivity contribution is 0.135. The summed E-state index contributed by atoms with van der Waals surface area (Å²) < 4.78 is 84.5. The van der Waals surface area contributed by atoms with Crippen LogP contribution in [0.25, 0.3) is 0 Å². The van der Waals surface area contributed by atoms with E-state index in [-0.39, 0.29) is 30.5 Å². The molecule has 0 aromatic heterocycles. The Bertz CT molecular complexity index is 1080. The monoisotopic (exact) mass is 599 g/mol. The summed E-state index contributed by atoms with van der Waals surface area (Å²) in [6, 6.07) is 9.54. The predicted molar refractivity (Wildman–Crippen MR) is 140 cm³/mol. The number of nitrogens with two attached hydrogens (primary N) is 2. The Labute approximate surface area is 214 Å². The van der Waals surface area contributed by atoms with Gasteiger partial charge in [-0.05, 0) is 11.4 Å². The molecule has 0 aliphatic carbocycles. The number of sulfone groups is 1. The average molecular weight is 600 g/mol. The number of nitrogens with one attached hydrogen (secondary N) is 1. The van der Waals surface area contributed by atoms with E-state index in [1.807, 2.05) is 30.3 Å². The molecule has 0 bridgehead atoms. The molecule has 0 amide bonds. The van der Waals surface area contributed by atoms with Crippen LogP contribution in [0.4, 0.5) is 0 Å². The zero-order valence-corrected chi connectivity index (χ0v) is 23.3. The largest absolute Gasteiger partial charge is 0.395 e. The highest BCUT2D eigenvalue weighted by atomic mass is 32.2. The van der Waals surface area contributed by atoms with Crippen molar-refractivity contribution < 1.29 is 49.1 Å². The fourth-order valence-corrected chi connectivity index (χ4v) is 3.49.